The molecule has 0 aromatic carbocycles. The van der Waals surface area contributed by atoms with Gasteiger partial charge in [0.15, 0.2) is 0 Å². The Morgan fingerprint density at radius 3 is 1.73 bits per heavy atom. The van der Waals surface area contributed by atoms with Crippen LogP contribution < -0.4 is 0 Å². The summed E-state index contributed by atoms with van der Waals surface area (Å²) < 4.78 is 31.0. The van der Waals surface area contributed by atoms with E-state index in [0.717, 1.165) is 25.7 Å². The van der Waals surface area contributed by atoms with Crippen LogP contribution in [0.5, 0.6) is 0 Å². The van der Waals surface area contributed by atoms with E-state index >= 15 is 0 Å². The van der Waals surface area contributed by atoms with Crippen LogP contribution in [-0.2, 0) is 10.1 Å². The van der Waals surface area contributed by atoms with E-state index in [2.05, 4.69) is 13.2 Å². The van der Waals surface area contributed by atoms with Gasteiger partial charge in [0.1, 0.15) is 0 Å². The average Bonchev–Trinajstić information content (AvgIpc) is 2.14. The lowest BCUT2D eigenvalue weighted by Crippen LogP contribution is -2.20. The molecule has 3 nitrogen and oxygen atoms in total. The van der Waals surface area contributed by atoms with Gasteiger partial charge in [0.2, 0.25) is 0 Å². The summed E-state index contributed by atoms with van der Waals surface area (Å²) in [5, 5.41) is -0.627. The molecule has 0 aliphatic carbocycles. The highest BCUT2D eigenvalue weighted by Gasteiger charge is 2.21. The lowest BCUT2D eigenvalue weighted by molar-refractivity contribution is 0.450. The average molecular weight is 232 g/mol. The second-order valence-electron chi connectivity index (χ2n) is 3.58. The Labute approximate surface area is 92.6 Å². The number of unbranched alkanes of at least 4 members (excludes halogenated alkanes) is 2. The van der Waals surface area contributed by atoms with E-state index in [9.17, 15) is 8.42 Å². The molecule has 0 fully saturated rings. The van der Waals surface area contributed by atoms with Crippen molar-refractivity contribution in [2.24, 2.45) is 0 Å². The van der Waals surface area contributed by atoms with Gasteiger partial charge in [-0.2, -0.15) is 8.42 Å². The summed E-state index contributed by atoms with van der Waals surface area (Å²) >= 11 is 0. The van der Waals surface area contributed by atoms with Crippen molar-refractivity contribution in [3.63, 3.8) is 0 Å². The van der Waals surface area contributed by atoms with Crippen molar-refractivity contribution in [1.29, 1.82) is 0 Å². The van der Waals surface area contributed by atoms with Crippen LogP contribution in [0.1, 0.15) is 38.5 Å². The Bertz CT molecular complexity index is 266. The Morgan fingerprint density at radius 1 is 1.07 bits per heavy atom. The molecule has 0 atom stereocenters. The van der Waals surface area contributed by atoms with Crippen LogP contribution in [0.4, 0.5) is 0 Å². The molecule has 0 aromatic heterocycles. The number of allylic oxidation sites excluding steroid dienone is 2. The smallest absolute Gasteiger partial charge is 0.267 e. The van der Waals surface area contributed by atoms with Gasteiger partial charge in [0.05, 0.1) is 5.25 Å². The normalized spacial score (nSPS) is 11.6. The molecular formula is C11H20O3S. The molecule has 0 aliphatic heterocycles. The van der Waals surface area contributed by atoms with E-state index in [1.807, 2.05) is 0 Å². The van der Waals surface area contributed by atoms with E-state index in [-0.39, 0.29) is 0 Å². The van der Waals surface area contributed by atoms with E-state index in [0.29, 0.717) is 12.8 Å². The molecule has 0 spiro atoms. The quantitative estimate of drug-likeness (QED) is 0.378. The van der Waals surface area contributed by atoms with Gasteiger partial charge >= 0.3 is 0 Å². The van der Waals surface area contributed by atoms with E-state index < -0.39 is 15.4 Å². The van der Waals surface area contributed by atoms with Crippen LogP contribution in [0.3, 0.4) is 0 Å². The maximum atomic E-state index is 11.0. The zero-order valence-corrected chi connectivity index (χ0v) is 9.88. The first kappa shape index (κ1) is 14.4. The van der Waals surface area contributed by atoms with Gasteiger partial charge in [-0.3, -0.25) is 4.55 Å². The molecule has 1 N–H and O–H groups in total. The first-order valence-electron chi connectivity index (χ1n) is 5.20. The maximum absolute atomic E-state index is 11.0. The van der Waals surface area contributed by atoms with Crippen molar-refractivity contribution < 1.29 is 13.0 Å². The molecule has 0 saturated heterocycles. The van der Waals surface area contributed by atoms with Crippen LogP contribution >= 0.6 is 0 Å². The Balaban J connectivity index is 4.07. The van der Waals surface area contributed by atoms with Crippen LogP contribution in [0.15, 0.2) is 25.3 Å². The summed E-state index contributed by atoms with van der Waals surface area (Å²) in [7, 11) is -3.89. The SMILES string of the molecule is C=CCCCC(CCCC=C)S(=O)(=O)O. The summed E-state index contributed by atoms with van der Waals surface area (Å²) in [6, 6.07) is 0. The topological polar surface area (TPSA) is 54.4 Å². The van der Waals surface area contributed by atoms with Crippen molar-refractivity contribution in [2.45, 2.75) is 43.8 Å². The fraction of sp³-hybridized carbons (Fsp3) is 0.636. The van der Waals surface area contributed by atoms with Crippen LogP contribution in [0.2, 0.25) is 0 Å². The fourth-order valence-corrected chi connectivity index (χ4v) is 2.35. The van der Waals surface area contributed by atoms with Gasteiger partial charge in [0.25, 0.3) is 10.1 Å². The molecular weight excluding hydrogens is 212 g/mol. The summed E-state index contributed by atoms with van der Waals surface area (Å²) in [4.78, 5) is 0. The van der Waals surface area contributed by atoms with Gasteiger partial charge in [-0.15, -0.1) is 13.2 Å². The minimum absolute atomic E-state index is 0.502. The fourth-order valence-electron chi connectivity index (χ4n) is 1.42. The highest BCUT2D eigenvalue weighted by Crippen LogP contribution is 2.16. The van der Waals surface area contributed by atoms with Crippen molar-refractivity contribution >= 4 is 10.1 Å². The molecule has 0 heterocycles. The summed E-state index contributed by atoms with van der Waals surface area (Å²) in [5.41, 5.74) is 0. The summed E-state index contributed by atoms with van der Waals surface area (Å²) in [6.07, 6.45) is 7.59. The van der Waals surface area contributed by atoms with Gasteiger partial charge < -0.3 is 0 Å². The molecule has 15 heavy (non-hydrogen) atoms. The highest BCUT2D eigenvalue weighted by molar-refractivity contribution is 7.86. The second-order valence-corrected chi connectivity index (χ2v) is 5.27. The summed E-state index contributed by atoms with van der Waals surface area (Å²) in [5.74, 6) is 0. The first-order chi connectivity index (χ1) is 7.02. The van der Waals surface area contributed by atoms with Crippen LogP contribution in [0.25, 0.3) is 0 Å². The Hall–Kier alpha value is -0.610. The minimum atomic E-state index is -3.89. The summed E-state index contributed by atoms with van der Waals surface area (Å²) in [6.45, 7) is 7.14. The predicted octanol–water partition coefficient (Wildman–Crippen LogP) is 2.96. The molecule has 88 valence electrons. The van der Waals surface area contributed by atoms with Gasteiger partial charge in [-0.25, -0.2) is 0 Å². The van der Waals surface area contributed by atoms with E-state index in [1.54, 1.807) is 12.2 Å². The largest absolute Gasteiger partial charge is 0.285 e. The minimum Gasteiger partial charge on any atom is -0.285 e. The lowest BCUT2D eigenvalue weighted by Gasteiger charge is -2.12. The molecule has 4 heteroatoms. The van der Waals surface area contributed by atoms with E-state index in [4.69, 9.17) is 4.55 Å². The van der Waals surface area contributed by atoms with Crippen molar-refractivity contribution in [3.05, 3.63) is 25.3 Å². The number of hydrogen-bond donors (Lipinski definition) is 1. The van der Waals surface area contributed by atoms with Crippen molar-refractivity contribution in [2.75, 3.05) is 0 Å². The zero-order chi connectivity index (χ0) is 11.7. The molecule has 0 radical (unpaired) electrons. The lowest BCUT2D eigenvalue weighted by atomic mass is 10.1. The van der Waals surface area contributed by atoms with Gasteiger partial charge in [-0.1, -0.05) is 12.2 Å². The molecule has 0 saturated carbocycles. The monoisotopic (exact) mass is 232 g/mol. The second kappa shape index (κ2) is 7.65. The number of hydrogen-bond acceptors (Lipinski definition) is 2. The van der Waals surface area contributed by atoms with Crippen LogP contribution in [0, 0.1) is 0 Å². The number of rotatable bonds is 9. The van der Waals surface area contributed by atoms with Gasteiger partial charge in [-0.05, 0) is 38.5 Å². The molecule has 0 aliphatic rings. The molecule has 0 aromatic rings. The maximum Gasteiger partial charge on any atom is 0.267 e. The Morgan fingerprint density at radius 2 is 1.47 bits per heavy atom. The van der Waals surface area contributed by atoms with Gasteiger partial charge in [0, 0.05) is 0 Å². The highest BCUT2D eigenvalue weighted by atomic mass is 32.2. The third kappa shape index (κ3) is 7.33. The molecule has 0 rings (SSSR count). The first-order valence-corrected chi connectivity index (χ1v) is 6.70. The van der Waals surface area contributed by atoms with Crippen molar-refractivity contribution in [3.8, 4) is 0 Å². The zero-order valence-electron chi connectivity index (χ0n) is 9.06. The third-order valence-corrected chi connectivity index (χ3v) is 3.60. The van der Waals surface area contributed by atoms with E-state index in [1.165, 1.54) is 0 Å². The molecule has 0 bridgehead atoms. The third-order valence-electron chi connectivity index (χ3n) is 2.29. The van der Waals surface area contributed by atoms with Crippen LogP contribution in [-0.4, -0.2) is 18.2 Å². The Kier molecular flexibility index (Phi) is 7.34. The standard InChI is InChI=1S/C11H20O3S/c1-3-5-7-9-11(15(12,13)14)10-8-6-4-2/h3-4,11H,1-2,5-10H2,(H,12,13,14). The molecule has 0 amide bonds. The molecule has 0 unspecified atom stereocenters. The van der Waals surface area contributed by atoms with Crippen molar-refractivity contribution in [1.82, 2.24) is 0 Å². The predicted molar refractivity (Wildman–Crippen MR) is 63.4 cm³/mol.